The minimum Gasteiger partial charge on any atom is -0.494 e. The van der Waals surface area contributed by atoms with Crippen molar-refractivity contribution in [2.75, 3.05) is 20.3 Å². The van der Waals surface area contributed by atoms with Crippen LogP contribution in [0.1, 0.15) is 27.1 Å². The Morgan fingerprint density at radius 1 is 1.24 bits per heavy atom. The maximum absolute atomic E-state index is 12.1. The van der Waals surface area contributed by atoms with E-state index in [4.69, 9.17) is 4.74 Å². The maximum Gasteiger partial charge on any atom is 0.337 e. The number of hydrogen-bond donors (Lipinski definition) is 2. The van der Waals surface area contributed by atoms with E-state index in [-0.39, 0.29) is 11.5 Å². The van der Waals surface area contributed by atoms with E-state index in [1.807, 2.05) is 0 Å². The quantitative estimate of drug-likeness (QED) is 0.428. The Morgan fingerprint density at radius 3 is 2.69 bits per heavy atom. The maximum atomic E-state index is 12.1. The van der Waals surface area contributed by atoms with Crippen LogP contribution >= 0.6 is 0 Å². The van der Waals surface area contributed by atoms with Crippen molar-refractivity contribution in [3.8, 4) is 11.7 Å². The summed E-state index contributed by atoms with van der Waals surface area (Å²) in [5.74, 6) is -0.114. The van der Waals surface area contributed by atoms with Gasteiger partial charge in [-0.2, -0.15) is 5.10 Å². The zero-order valence-corrected chi connectivity index (χ0v) is 15.6. The highest BCUT2D eigenvalue weighted by Gasteiger charge is 2.12. The first-order valence-corrected chi connectivity index (χ1v) is 8.77. The van der Waals surface area contributed by atoms with Gasteiger partial charge in [-0.15, -0.1) is 0 Å². The van der Waals surface area contributed by atoms with E-state index in [2.05, 4.69) is 25.1 Å². The van der Waals surface area contributed by atoms with Crippen molar-refractivity contribution in [3.63, 3.8) is 0 Å². The number of esters is 1. The molecule has 0 saturated heterocycles. The van der Waals surface area contributed by atoms with Crippen molar-refractivity contribution >= 4 is 11.9 Å². The zero-order chi connectivity index (χ0) is 20.6. The summed E-state index contributed by atoms with van der Waals surface area (Å²) in [5, 5.41) is 6.61. The summed E-state index contributed by atoms with van der Waals surface area (Å²) in [4.78, 5) is 42.2. The Labute approximate surface area is 165 Å². The Morgan fingerprint density at radius 2 is 2.03 bits per heavy atom. The number of amides is 1. The average molecular weight is 397 g/mol. The van der Waals surface area contributed by atoms with Gasteiger partial charge in [0.1, 0.15) is 11.3 Å². The van der Waals surface area contributed by atoms with Gasteiger partial charge in [-0.1, -0.05) is 0 Å². The number of nitrogens with one attached hydrogen (secondary N) is 2. The van der Waals surface area contributed by atoms with E-state index in [9.17, 15) is 14.4 Å². The molecular weight excluding hydrogens is 378 g/mol. The van der Waals surface area contributed by atoms with Crippen LogP contribution in [0.4, 0.5) is 0 Å². The number of aromatic amines is 1. The molecule has 0 saturated carbocycles. The lowest BCUT2D eigenvalue weighted by Crippen LogP contribution is -2.31. The van der Waals surface area contributed by atoms with Gasteiger partial charge in [-0.05, 0) is 36.8 Å². The van der Waals surface area contributed by atoms with Crippen molar-refractivity contribution in [1.82, 2.24) is 25.1 Å². The van der Waals surface area contributed by atoms with Gasteiger partial charge in [0.2, 0.25) is 5.95 Å². The molecule has 2 heterocycles. The fourth-order valence-corrected chi connectivity index (χ4v) is 2.42. The normalized spacial score (nSPS) is 10.4. The summed E-state index contributed by atoms with van der Waals surface area (Å²) in [6.45, 7) is 0.671. The van der Waals surface area contributed by atoms with Gasteiger partial charge in [0, 0.05) is 25.1 Å². The molecule has 0 radical (unpaired) electrons. The molecule has 2 aromatic heterocycles. The number of carbonyl (C=O) groups excluding carboxylic acids is 2. The smallest absolute Gasteiger partial charge is 0.337 e. The predicted octanol–water partition coefficient (Wildman–Crippen LogP) is 0.941. The van der Waals surface area contributed by atoms with Gasteiger partial charge in [0.15, 0.2) is 0 Å². The Bertz CT molecular complexity index is 1030. The zero-order valence-electron chi connectivity index (χ0n) is 15.6. The Kier molecular flexibility index (Phi) is 6.36. The lowest BCUT2D eigenvalue weighted by atomic mass is 10.2. The SMILES string of the molecule is COC(=O)c1ccc(OCCCNC(=O)c2cnc(-n3cccn3)[nH]c2=O)cc1. The second-order valence-corrected chi connectivity index (χ2v) is 5.87. The first-order chi connectivity index (χ1) is 14.1. The van der Waals surface area contributed by atoms with Crippen LogP contribution in [0.25, 0.3) is 5.95 Å². The molecule has 3 rings (SSSR count). The fourth-order valence-electron chi connectivity index (χ4n) is 2.42. The van der Waals surface area contributed by atoms with E-state index >= 15 is 0 Å². The highest BCUT2D eigenvalue weighted by molar-refractivity contribution is 5.93. The second-order valence-electron chi connectivity index (χ2n) is 5.87. The third-order valence-corrected chi connectivity index (χ3v) is 3.90. The number of carbonyl (C=O) groups is 2. The van der Waals surface area contributed by atoms with Crippen LogP contribution in [0.5, 0.6) is 5.75 Å². The molecule has 10 heteroatoms. The van der Waals surface area contributed by atoms with E-state index in [0.717, 1.165) is 0 Å². The van der Waals surface area contributed by atoms with Crippen LogP contribution in [0, 0.1) is 0 Å². The van der Waals surface area contributed by atoms with Gasteiger partial charge in [-0.3, -0.25) is 14.6 Å². The largest absolute Gasteiger partial charge is 0.494 e. The van der Waals surface area contributed by atoms with Crippen LogP contribution in [0.3, 0.4) is 0 Å². The molecule has 2 N–H and O–H groups in total. The molecule has 0 unspecified atom stereocenters. The first-order valence-electron chi connectivity index (χ1n) is 8.77. The molecule has 0 spiro atoms. The summed E-state index contributed by atoms with van der Waals surface area (Å²) in [5.41, 5.74) is -0.199. The summed E-state index contributed by atoms with van der Waals surface area (Å²) in [6.07, 6.45) is 4.92. The summed E-state index contributed by atoms with van der Waals surface area (Å²) < 4.78 is 11.6. The number of aromatic nitrogens is 4. The number of hydrogen-bond acceptors (Lipinski definition) is 7. The monoisotopic (exact) mass is 397 g/mol. The van der Waals surface area contributed by atoms with Crippen molar-refractivity contribution in [2.45, 2.75) is 6.42 Å². The van der Waals surface area contributed by atoms with Gasteiger partial charge in [0.25, 0.3) is 11.5 Å². The molecule has 3 aromatic rings. The van der Waals surface area contributed by atoms with Crippen LogP contribution < -0.4 is 15.6 Å². The van der Waals surface area contributed by atoms with Crippen LogP contribution in [0.2, 0.25) is 0 Å². The predicted molar refractivity (Wildman–Crippen MR) is 102 cm³/mol. The number of methoxy groups -OCH3 is 1. The number of nitrogens with zero attached hydrogens (tertiary/aromatic N) is 3. The molecule has 0 atom stereocenters. The van der Waals surface area contributed by atoms with Gasteiger partial charge in [-0.25, -0.2) is 14.5 Å². The molecule has 29 heavy (non-hydrogen) atoms. The van der Waals surface area contributed by atoms with Crippen LogP contribution in [-0.2, 0) is 4.74 Å². The van der Waals surface area contributed by atoms with Crippen molar-refractivity contribution < 1.29 is 19.1 Å². The minimum absolute atomic E-state index is 0.0831. The fraction of sp³-hybridized carbons (Fsp3) is 0.211. The highest BCUT2D eigenvalue weighted by Crippen LogP contribution is 2.13. The van der Waals surface area contributed by atoms with E-state index < -0.39 is 17.4 Å². The van der Waals surface area contributed by atoms with E-state index in [1.54, 1.807) is 42.7 Å². The average Bonchev–Trinajstić information content (AvgIpc) is 3.28. The molecule has 0 bridgehead atoms. The van der Waals surface area contributed by atoms with Crippen molar-refractivity contribution in [3.05, 3.63) is 70.4 Å². The lowest BCUT2D eigenvalue weighted by molar-refractivity contribution is 0.0600. The van der Waals surface area contributed by atoms with Gasteiger partial charge < -0.3 is 14.8 Å². The number of benzene rings is 1. The topological polar surface area (TPSA) is 128 Å². The molecule has 150 valence electrons. The third-order valence-electron chi connectivity index (χ3n) is 3.90. The lowest BCUT2D eigenvalue weighted by Gasteiger charge is -2.08. The molecular formula is C19H19N5O5. The summed E-state index contributed by atoms with van der Waals surface area (Å²) in [6, 6.07) is 8.23. The molecule has 1 amide bonds. The first kappa shape index (κ1) is 19.8. The van der Waals surface area contributed by atoms with E-state index in [0.29, 0.717) is 30.9 Å². The second kappa shape index (κ2) is 9.31. The van der Waals surface area contributed by atoms with Gasteiger partial charge in [0.05, 0.1) is 19.3 Å². The highest BCUT2D eigenvalue weighted by atomic mass is 16.5. The molecule has 10 nitrogen and oxygen atoms in total. The Balaban J connectivity index is 1.44. The third kappa shape index (κ3) is 5.06. The van der Waals surface area contributed by atoms with Gasteiger partial charge >= 0.3 is 5.97 Å². The number of ether oxygens (including phenoxy) is 2. The number of H-pyrrole nitrogens is 1. The summed E-state index contributed by atoms with van der Waals surface area (Å²) in [7, 11) is 1.32. The van der Waals surface area contributed by atoms with Crippen LogP contribution in [0.15, 0.2) is 53.7 Å². The molecule has 0 aliphatic carbocycles. The summed E-state index contributed by atoms with van der Waals surface area (Å²) >= 11 is 0. The van der Waals surface area contributed by atoms with Crippen molar-refractivity contribution in [2.24, 2.45) is 0 Å². The Hall–Kier alpha value is -3.95. The standard InChI is InChI=1S/C19H19N5O5/c1-28-18(27)13-4-6-14(7-5-13)29-11-3-8-20-16(25)15-12-21-19(23-17(15)26)24-10-2-9-22-24/h2,4-7,9-10,12H,3,8,11H2,1H3,(H,20,25)(H,21,23,26). The van der Waals surface area contributed by atoms with Crippen LogP contribution in [-0.4, -0.2) is 51.9 Å². The molecule has 0 aliphatic rings. The molecule has 0 fully saturated rings. The number of rotatable bonds is 8. The van der Waals surface area contributed by atoms with E-state index in [1.165, 1.54) is 18.0 Å². The molecule has 1 aromatic carbocycles. The van der Waals surface area contributed by atoms with Crippen molar-refractivity contribution in [1.29, 1.82) is 0 Å². The molecule has 0 aliphatic heterocycles. The minimum atomic E-state index is -0.551.